The highest BCUT2D eigenvalue weighted by Crippen LogP contribution is 2.20. The highest BCUT2D eigenvalue weighted by Gasteiger charge is 2.34. The first kappa shape index (κ1) is 17.9. The van der Waals surface area contributed by atoms with Gasteiger partial charge in [-0.1, -0.05) is 24.3 Å². The van der Waals surface area contributed by atoms with Crippen molar-refractivity contribution in [2.45, 2.75) is 19.0 Å². The van der Waals surface area contributed by atoms with E-state index in [-0.39, 0.29) is 12.1 Å². The van der Waals surface area contributed by atoms with Gasteiger partial charge in [0.1, 0.15) is 32.2 Å². The molecule has 2 amide bonds. The van der Waals surface area contributed by atoms with Gasteiger partial charge in [-0.25, -0.2) is 4.79 Å². The third kappa shape index (κ3) is 4.81. The van der Waals surface area contributed by atoms with Crippen LogP contribution in [0.25, 0.3) is 0 Å². The molecule has 2 atom stereocenters. The predicted octanol–water partition coefficient (Wildman–Crippen LogP) is 0.413. The molecule has 0 saturated carbocycles. The lowest BCUT2D eigenvalue weighted by Gasteiger charge is -2.35. The van der Waals surface area contributed by atoms with Crippen LogP contribution < -0.4 is 20.4 Å². The number of carbonyl (C=O) groups excluding carboxylic acids is 1. The molecule has 25 heavy (non-hydrogen) atoms. The van der Waals surface area contributed by atoms with E-state index in [1.807, 2.05) is 30.3 Å². The maximum Gasteiger partial charge on any atom is 0.319 e. The van der Waals surface area contributed by atoms with E-state index in [1.54, 1.807) is 21.1 Å². The summed E-state index contributed by atoms with van der Waals surface area (Å²) in [6, 6.07) is 14.1. The fraction of sp³-hybridized carbons (Fsp3) is 0.421. The molecule has 5 nitrogen and oxygen atoms in total. The number of benzene rings is 1. The van der Waals surface area contributed by atoms with Gasteiger partial charge in [0, 0.05) is 5.69 Å². The van der Waals surface area contributed by atoms with Crippen molar-refractivity contribution in [1.82, 2.24) is 5.32 Å². The summed E-state index contributed by atoms with van der Waals surface area (Å²) in [7, 11) is 2.26. The number of nitrogens with one attached hydrogen (secondary N) is 4. The van der Waals surface area contributed by atoms with Gasteiger partial charge in [0.05, 0.1) is 18.0 Å². The second-order valence-corrected chi connectivity index (χ2v) is 7.84. The smallest absolute Gasteiger partial charge is 0.319 e. The number of urea groups is 1. The first-order valence-corrected chi connectivity index (χ1v) is 9.83. The van der Waals surface area contributed by atoms with Crippen LogP contribution in [0.1, 0.15) is 17.8 Å². The van der Waals surface area contributed by atoms with E-state index in [1.165, 1.54) is 18.0 Å². The van der Waals surface area contributed by atoms with Crippen LogP contribution >= 0.6 is 11.3 Å². The van der Waals surface area contributed by atoms with Crippen LogP contribution in [0.3, 0.4) is 0 Å². The first-order valence-electron chi connectivity index (χ1n) is 8.95. The number of quaternary nitrogens is 2. The van der Waals surface area contributed by atoms with Crippen molar-refractivity contribution in [3.8, 4) is 0 Å². The SMILES string of the molecule is C[C@@H](NC(=O)Nc1ccccc1)[C@@H](c1cccs1)[NH+]1CC[NH+](C)CC1. The van der Waals surface area contributed by atoms with E-state index in [0.29, 0.717) is 6.04 Å². The topological polar surface area (TPSA) is 50.0 Å². The molecule has 6 heteroatoms. The average molecular weight is 361 g/mol. The van der Waals surface area contributed by atoms with Crippen LogP contribution in [-0.2, 0) is 0 Å². The van der Waals surface area contributed by atoms with Gasteiger partial charge in [-0.3, -0.25) is 0 Å². The molecule has 1 saturated heterocycles. The zero-order valence-corrected chi connectivity index (χ0v) is 15.7. The summed E-state index contributed by atoms with van der Waals surface area (Å²) in [4.78, 5) is 16.9. The Balaban J connectivity index is 1.66. The lowest BCUT2D eigenvalue weighted by molar-refractivity contribution is -1.02. The van der Waals surface area contributed by atoms with E-state index in [2.05, 4.69) is 42.1 Å². The van der Waals surface area contributed by atoms with Crippen LogP contribution in [0.5, 0.6) is 0 Å². The van der Waals surface area contributed by atoms with E-state index in [9.17, 15) is 4.79 Å². The standard InChI is InChI=1S/C19H26N4OS/c1-15(20-19(24)21-16-7-4-3-5-8-16)18(17-9-6-14-25-17)23-12-10-22(2)11-13-23/h3-9,14-15,18H,10-13H2,1-2H3,(H2,20,21,24)/p+2/t15-,18+/m1/s1. The minimum absolute atomic E-state index is 0.0655. The van der Waals surface area contributed by atoms with Gasteiger partial charge in [-0.05, 0) is 30.5 Å². The summed E-state index contributed by atoms with van der Waals surface area (Å²) in [5.74, 6) is 0. The van der Waals surface area contributed by atoms with E-state index in [4.69, 9.17) is 0 Å². The number of anilines is 1. The molecule has 0 radical (unpaired) electrons. The number of rotatable bonds is 5. The molecule has 2 aromatic rings. The maximum absolute atomic E-state index is 12.4. The van der Waals surface area contributed by atoms with Gasteiger partial charge >= 0.3 is 6.03 Å². The molecule has 134 valence electrons. The Morgan fingerprint density at radius 2 is 1.80 bits per heavy atom. The summed E-state index contributed by atoms with van der Waals surface area (Å²) < 4.78 is 0. The lowest BCUT2D eigenvalue weighted by Crippen LogP contribution is -3.27. The molecule has 2 heterocycles. The molecule has 1 aromatic heterocycles. The van der Waals surface area contributed by atoms with Crippen molar-refractivity contribution in [2.24, 2.45) is 0 Å². The fourth-order valence-electron chi connectivity index (χ4n) is 3.56. The molecule has 1 aliphatic heterocycles. The van der Waals surface area contributed by atoms with E-state index >= 15 is 0 Å². The summed E-state index contributed by atoms with van der Waals surface area (Å²) in [6.07, 6.45) is 0. The Bertz CT molecular complexity index is 653. The van der Waals surface area contributed by atoms with Crippen molar-refractivity contribution in [3.63, 3.8) is 0 Å². The Morgan fingerprint density at radius 1 is 1.08 bits per heavy atom. The van der Waals surface area contributed by atoms with Crippen molar-refractivity contribution < 1.29 is 14.6 Å². The Hall–Kier alpha value is -1.89. The third-order valence-electron chi connectivity index (χ3n) is 4.93. The highest BCUT2D eigenvalue weighted by molar-refractivity contribution is 7.10. The minimum atomic E-state index is -0.139. The van der Waals surface area contributed by atoms with Crippen LogP contribution in [-0.4, -0.2) is 45.3 Å². The number of hydrogen-bond donors (Lipinski definition) is 4. The van der Waals surface area contributed by atoms with Crippen molar-refractivity contribution in [2.75, 3.05) is 38.5 Å². The Morgan fingerprint density at radius 3 is 2.44 bits per heavy atom. The number of para-hydroxylation sites is 1. The average Bonchev–Trinajstić information content (AvgIpc) is 3.11. The summed E-state index contributed by atoms with van der Waals surface area (Å²) in [5.41, 5.74) is 0.815. The third-order valence-corrected chi connectivity index (χ3v) is 5.88. The van der Waals surface area contributed by atoms with Crippen molar-refractivity contribution in [1.29, 1.82) is 0 Å². The van der Waals surface area contributed by atoms with Gasteiger partial charge in [0.25, 0.3) is 0 Å². The molecule has 0 bridgehead atoms. The van der Waals surface area contributed by atoms with Crippen LogP contribution in [0, 0.1) is 0 Å². The zero-order valence-electron chi connectivity index (χ0n) is 14.9. The molecular weight excluding hydrogens is 332 g/mol. The second-order valence-electron chi connectivity index (χ2n) is 6.86. The molecule has 0 unspecified atom stereocenters. The number of thiophene rings is 1. The molecule has 1 fully saturated rings. The second kappa shape index (κ2) is 8.47. The van der Waals surface area contributed by atoms with Gasteiger partial charge < -0.3 is 20.4 Å². The number of piperazine rings is 1. The fourth-order valence-corrected chi connectivity index (χ4v) is 4.55. The maximum atomic E-state index is 12.4. The van der Waals surface area contributed by atoms with Crippen LogP contribution in [0.4, 0.5) is 10.5 Å². The zero-order chi connectivity index (χ0) is 17.6. The van der Waals surface area contributed by atoms with Gasteiger partial charge in [0.15, 0.2) is 0 Å². The van der Waals surface area contributed by atoms with Gasteiger partial charge in [-0.2, -0.15) is 0 Å². The molecule has 1 aliphatic rings. The molecule has 0 aliphatic carbocycles. The molecule has 3 rings (SSSR count). The number of hydrogen-bond acceptors (Lipinski definition) is 2. The number of carbonyl (C=O) groups is 1. The molecule has 4 N–H and O–H groups in total. The van der Waals surface area contributed by atoms with E-state index in [0.717, 1.165) is 18.8 Å². The number of amides is 2. The quantitative estimate of drug-likeness (QED) is 0.614. The van der Waals surface area contributed by atoms with E-state index < -0.39 is 0 Å². The number of likely N-dealkylation sites (N-methyl/N-ethyl adjacent to an activating group) is 1. The van der Waals surface area contributed by atoms with Crippen LogP contribution in [0.15, 0.2) is 47.8 Å². The van der Waals surface area contributed by atoms with Crippen molar-refractivity contribution >= 4 is 23.1 Å². The molecule has 0 spiro atoms. The Kier molecular flexibility index (Phi) is 6.07. The Labute approximate surface area is 153 Å². The summed E-state index contributed by atoms with van der Waals surface area (Å²) >= 11 is 1.79. The molecule has 1 aromatic carbocycles. The summed E-state index contributed by atoms with van der Waals surface area (Å²) in [6.45, 7) is 6.76. The monoisotopic (exact) mass is 360 g/mol. The van der Waals surface area contributed by atoms with Gasteiger partial charge in [-0.15, -0.1) is 11.3 Å². The van der Waals surface area contributed by atoms with Gasteiger partial charge in [0.2, 0.25) is 0 Å². The predicted molar refractivity (Wildman–Crippen MR) is 102 cm³/mol. The largest absolute Gasteiger partial charge is 0.329 e. The van der Waals surface area contributed by atoms with Crippen LogP contribution in [0.2, 0.25) is 0 Å². The summed E-state index contributed by atoms with van der Waals surface area (Å²) in [5, 5.41) is 8.20. The lowest BCUT2D eigenvalue weighted by atomic mass is 10.1. The normalized spacial score (nSPS) is 22.8. The molecular formula is C19H28N4OS+2. The minimum Gasteiger partial charge on any atom is -0.329 e. The van der Waals surface area contributed by atoms with Crippen molar-refractivity contribution in [3.05, 3.63) is 52.7 Å². The first-order chi connectivity index (χ1) is 12.1. The highest BCUT2D eigenvalue weighted by atomic mass is 32.1.